The lowest BCUT2D eigenvalue weighted by Gasteiger charge is -2.26. The van der Waals surface area contributed by atoms with Gasteiger partial charge >= 0.3 is 5.97 Å². The molecule has 0 saturated heterocycles. The fourth-order valence-corrected chi connectivity index (χ4v) is 3.35. The first-order chi connectivity index (χ1) is 13.0. The van der Waals surface area contributed by atoms with Gasteiger partial charge in [-0.25, -0.2) is 0 Å². The van der Waals surface area contributed by atoms with Crippen LogP contribution in [0.15, 0.2) is 41.8 Å². The van der Waals surface area contributed by atoms with E-state index in [4.69, 9.17) is 4.74 Å². The van der Waals surface area contributed by atoms with Gasteiger partial charge in [0.25, 0.3) is 11.8 Å². The van der Waals surface area contributed by atoms with Crippen molar-refractivity contribution in [1.82, 2.24) is 10.2 Å². The molecule has 140 valence electrons. The molecule has 1 aromatic heterocycles. The Morgan fingerprint density at radius 1 is 1.22 bits per heavy atom. The molecule has 8 heteroatoms. The molecule has 0 aliphatic carbocycles. The van der Waals surface area contributed by atoms with Gasteiger partial charge in [-0.15, -0.1) is 11.3 Å². The minimum Gasteiger partial charge on any atom is -0.451 e. The topological polar surface area (TPSA) is 92.8 Å². The van der Waals surface area contributed by atoms with E-state index in [9.17, 15) is 19.2 Å². The molecule has 0 saturated carbocycles. The van der Waals surface area contributed by atoms with E-state index < -0.39 is 36.3 Å². The summed E-state index contributed by atoms with van der Waals surface area (Å²) in [6, 6.07) is 10.5. The Morgan fingerprint density at radius 2 is 2.00 bits per heavy atom. The third kappa shape index (κ3) is 4.40. The summed E-state index contributed by atoms with van der Waals surface area (Å²) < 4.78 is 5.08. The summed E-state index contributed by atoms with van der Waals surface area (Å²) in [4.78, 5) is 50.6. The monoisotopic (exact) mass is 386 g/mol. The van der Waals surface area contributed by atoms with E-state index in [1.54, 1.807) is 24.3 Å². The van der Waals surface area contributed by atoms with Crippen LogP contribution in [0, 0.1) is 0 Å². The molecule has 0 fully saturated rings. The lowest BCUT2D eigenvalue weighted by molar-refractivity contribution is -0.156. The molecule has 1 aromatic carbocycles. The maximum atomic E-state index is 12.4. The molecule has 27 heavy (non-hydrogen) atoms. The van der Waals surface area contributed by atoms with E-state index in [1.165, 1.54) is 18.3 Å². The van der Waals surface area contributed by atoms with Crippen LogP contribution in [0.5, 0.6) is 0 Å². The lowest BCUT2D eigenvalue weighted by Crippen LogP contribution is -2.46. The second-order valence-corrected chi connectivity index (χ2v) is 7.08. The van der Waals surface area contributed by atoms with Crippen LogP contribution in [0.4, 0.5) is 0 Å². The predicted octanol–water partition coefficient (Wildman–Crippen LogP) is 1.52. The van der Waals surface area contributed by atoms with Crippen molar-refractivity contribution < 1.29 is 23.9 Å². The molecule has 1 atom stereocenters. The Kier molecular flexibility index (Phi) is 5.66. The van der Waals surface area contributed by atoms with E-state index in [2.05, 4.69) is 5.32 Å². The summed E-state index contributed by atoms with van der Waals surface area (Å²) in [5.41, 5.74) is 1.03. The Bertz CT molecular complexity index is 878. The van der Waals surface area contributed by atoms with Crippen molar-refractivity contribution in [3.8, 4) is 0 Å². The highest BCUT2D eigenvalue weighted by Gasteiger charge is 2.33. The summed E-state index contributed by atoms with van der Waals surface area (Å²) in [6.07, 6.45) is -0.980. The van der Waals surface area contributed by atoms with Crippen LogP contribution in [-0.4, -0.2) is 41.2 Å². The smallest absolute Gasteiger partial charge is 0.326 e. The standard InChI is InChI=1S/C19H18N2O5S/c1-12(18(24)20-10-14-6-4-8-27-14)26-17(23)11-21-16(22)9-13-5-2-3-7-15(13)19(21)25/h2-8,12H,9-11H2,1H3,(H,20,24)/t12-/m0/s1. The second-order valence-electron chi connectivity index (χ2n) is 6.05. The first kappa shape index (κ1) is 18.8. The average Bonchev–Trinajstić information content (AvgIpc) is 3.16. The van der Waals surface area contributed by atoms with E-state index in [-0.39, 0.29) is 6.42 Å². The van der Waals surface area contributed by atoms with Gasteiger partial charge in [0, 0.05) is 10.4 Å². The van der Waals surface area contributed by atoms with Crippen molar-refractivity contribution in [3.63, 3.8) is 0 Å². The molecule has 1 aliphatic rings. The molecular formula is C19H18N2O5S. The Balaban J connectivity index is 1.54. The number of amides is 3. The third-order valence-corrected chi connectivity index (χ3v) is 4.99. The van der Waals surface area contributed by atoms with Crippen molar-refractivity contribution in [2.24, 2.45) is 0 Å². The molecule has 2 heterocycles. The average molecular weight is 386 g/mol. The maximum absolute atomic E-state index is 12.4. The molecular weight excluding hydrogens is 368 g/mol. The quantitative estimate of drug-likeness (QED) is 0.600. The molecule has 1 aliphatic heterocycles. The number of benzene rings is 1. The number of fused-ring (bicyclic) bond motifs is 1. The highest BCUT2D eigenvalue weighted by Crippen LogP contribution is 2.19. The fraction of sp³-hybridized carbons (Fsp3) is 0.263. The van der Waals surface area contributed by atoms with Gasteiger partial charge in [-0.3, -0.25) is 24.1 Å². The number of ether oxygens (including phenoxy) is 1. The van der Waals surface area contributed by atoms with Gasteiger partial charge in [0.15, 0.2) is 6.10 Å². The molecule has 0 radical (unpaired) electrons. The SMILES string of the molecule is C[C@H](OC(=O)CN1C(=O)Cc2ccccc2C1=O)C(=O)NCc1cccs1. The number of nitrogens with one attached hydrogen (secondary N) is 1. The molecule has 1 N–H and O–H groups in total. The number of esters is 1. The fourth-order valence-electron chi connectivity index (χ4n) is 2.71. The predicted molar refractivity (Wildman–Crippen MR) is 97.9 cm³/mol. The number of carbonyl (C=O) groups is 4. The van der Waals surface area contributed by atoms with Gasteiger partial charge in [-0.1, -0.05) is 24.3 Å². The van der Waals surface area contributed by atoms with Gasteiger partial charge < -0.3 is 10.1 Å². The van der Waals surface area contributed by atoms with Crippen molar-refractivity contribution >= 4 is 35.0 Å². The summed E-state index contributed by atoms with van der Waals surface area (Å²) in [5, 5.41) is 4.57. The van der Waals surface area contributed by atoms with E-state index >= 15 is 0 Å². The molecule has 3 amide bonds. The number of imide groups is 1. The van der Waals surface area contributed by atoms with Crippen LogP contribution in [0.2, 0.25) is 0 Å². The van der Waals surface area contributed by atoms with Gasteiger partial charge in [-0.05, 0) is 30.0 Å². The summed E-state index contributed by atoms with van der Waals surface area (Å²) >= 11 is 1.50. The van der Waals surface area contributed by atoms with Crippen LogP contribution in [0.1, 0.15) is 27.7 Å². The number of rotatable bonds is 6. The zero-order valence-corrected chi connectivity index (χ0v) is 15.5. The Morgan fingerprint density at radius 3 is 2.74 bits per heavy atom. The normalized spacial score (nSPS) is 14.5. The Hall–Kier alpha value is -3.00. The number of thiophene rings is 1. The highest BCUT2D eigenvalue weighted by molar-refractivity contribution is 7.09. The van der Waals surface area contributed by atoms with E-state index in [0.29, 0.717) is 17.7 Å². The first-order valence-corrected chi connectivity index (χ1v) is 9.26. The number of nitrogens with zero attached hydrogens (tertiary/aromatic N) is 1. The van der Waals surface area contributed by atoms with Crippen LogP contribution in [-0.2, 0) is 32.1 Å². The highest BCUT2D eigenvalue weighted by atomic mass is 32.1. The van der Waals surface area contributed by atoms with Gasteiger partial charge in [0.05, 0.1) is 13.0 Å². The number of carbonyl (C=O) groups excluding carboxylic acids is 4. The zero-order valence-electron chi connectivity index (χ0n) is 14.6. The lowest BCUT2D eigenvalue weighted by atomic mass is 9.98. The number of hydrogen-bond donors (Lipinski definition) is 1. The van der Waals surface area contributed by atoms with E-state index in [0.717, 1.165) is 9.78 Å². The third-order valence-electron chi connectivity index (χ3n) is 4.12. The molecule has 2 aromatic rings. The van der Waals surface area contributed by atoms with Crippen molar-refractivity contribution in [2.75, 3.05) is 6.54 Å². The molecule has 3 rings (SSSR count). The molecule has 7 nitrogen and oxygen atoms in total. The van der Waals surface area contributed by atoms with Crippen LogP contribution in [0.3, 0.4) is 0 Å². The van der Waals surface area contributed by atoms with Crippen molar-refractivity contribution in [2.45, 2.75) is 26.0 Å². The molecule has 0 bridgehead atoms. The van der Waals surface area contributed by atoms with Gasteiger partial charge in [-0.2, -0.15) is 0 Å². The summed E-state index contributed by atoms with van der Waals surface area (Å²) in [5.74, 6) is -2.26. The van der Waals surface area contributed by atoms with Crippen LogP contribution in [0.25, 0.3) is 0 Å². The van der Waals surface area contributed by atoms with Crippen molar-refractivity contribution in [3.05, 3.63) is 57.8 Å². The Labute approximate surface area is 159 Å². The van der Waals surface area contributed by atoms with Crippen LogP contribution >= 0.6 is 11.3 Å². The van der Waals surface area contributed by atoms with Gasteiger partial charge in [0.1, 0.15) is 6.54 Å². The number of hydrogen-bond acceptors (Lipinski definition) is 6. The summed E-state index contributed by atoms with van der Waals surface area (Å²) in [6.45, 7) is 1.27. The first-order valence-electron chi connectivity index (χ1n) is 8.38. The largest absolute Gasteiger partial charge is 0.451 e. The maximum Gasteiger partial charge on any atom is 0.326 e. The van der Waals surface area contributed by atoms with Crippen molar-refractivity contribution in [1.29, 1.82) is 0 Å². The van der Waals surface area contributed by atoms with Crippen LogP contribution < -0.4 is 5.32 Å². The minimum absolute atomic E-state index is 0.0477. The summed E-state index contributed by atoms with van der Waals surface area (Å²) in [7, 11) is 0. The molecule has 0 spiro atoms. The molecule has 0 unspecified atom stereocenters. The zero-order chi connectivity index (χ0) is 19.4. The van der Waals surface area contributed by atoms with E-state index in [1.807, 2.05) is 17.5 Å². The minimum atomic E-state index is -1.03. The second kappa shape index (κ2) is 8.13. The van der Waals surface area contributed by atoms with Gasteiger partial charge in [0.2, 0.25) is 5.91 Å².